The Labute approximate surface area is 113 Å². The van der Waals surface area contributed by atoms with Crippen molar-refractivity contribution in [1.82, 2.24) is 15.5 Å². The Bertz CT molecular complexity index is 340. The quantitative estimate of drug-likeness (QED) is 0.721. The Morgan fingerprint density at radius 1 is 1.58 bits per heavy atom. The minimum absolute atomic E-state index is 0.0382. The maximum Gasteiger partial charge on any atom is 0.245 e. The van der Waals surface area contributed by atoms with Crippen molar-refractivity contribution in [2.45, 2.75) is 44.8 Å². The number of carbonyl (C=O) groups is 2. The first-order chi connectivity index (χ1) is 9.08. The molecule has 2 unspecified atom stereocenters. The standard InChI is InChI=1S/C13H23N3O3/c1-9(2)16-5-3-11(13(16)18)15-12(17)7-10-8-19-6-4-14-10/h9-11,14H,3-8H2,1-2H3,(H,15,17). The van der Waals surface area contributed by atoms with Gasteiger partial charge < -0.3 is 20.3 Å². The molecule has 0 aromatic rings. The van der Waals surface area contributed by atoms with Gasteiger partial charge in [-0.3, -0.25) is 9.59 Å². The Morgan fingerprint density at radius 2 is 2.37 bits per heavy atom. The molecule has 2 rings (SSSR count). The highest BCUT2D eigenvalue weighted by Crippen LogP contribution is 2.14. The molecule has 6 heteroatoms. The number of nitrogens with zero attached hydrogens (tertiary/aromatic N) is 1. The van der Waals surface area contributed by atoms with Gasteiger partial charge in [0.05, 0.1) is 13.2 Å². The van der Waals surface area contributed by atoms with E-state index in [0.29, 0.717) is 26.1 Å². The minimum Gasteiger partial charge on any atom is -0.378 e. The van der Waals surface area contributed by atoms with Gasteiger partial charge in [-0.25, -0.2) is 0 Å². The van der Waals surface area contributed by atoms with Crippen LogP contribution in [0.1, 0.15) is 26.7 Å². The minimum atomic E-state index is -0.348. The highest BCUT2D eigenvalue weighted by atomic mass is 16.5. The zero-order chi connectivity index (χ0) is 13.8. The lowest BCUT2D eigenvalue weighted by Gasteiger charge is -2.24. The molecule has 0 aliphatic carbocycles. The average molecular weight is 269 g/mol. The molecule has 2 saturated heterocycles. The first kappa shape index (κ1) is 14.3. The van der Waals surface area contributed by atoms with E-state index in [-0.39, 0.29) is 29.9 Å². The molecule has 0 radical (unpaired) electrons. The largest absolute Gasteiger partial charge is 0.378 e. The molecule has 2 heterocycles. The van der Waals surface area contributed by atoms with Gasteiger partial charge in [0.15, 0.2) is 0 Å². The van der Waals surface area contributed by atoms with Gasteiger partial charge in [0, 0.05) is 31.6 Å². The maximum atomic E-state index is 12.0. The summed E-state index contributed by atoms with van der Waals surface area (Å²) in [7, 11) is 0. The molecule has 0 spiro atoms. The van der Waals surface area contributed by atoms with Crippen molar-refractivity contribution in [1.29, 1.82) is 0 Å². The Balaban J connectivity index is 1.78. The molecule has 2 aliphatic rings. The van der Waals surface area contributed by atoms with Crippen LogP contribution < -0.4 is 10.6 Å². The third kappa shape index (κ3) is 3.67. The third-order valence-electron chi connectivity index (χ3n) is 3.63. The molecule has 2 fully saturated rings. The number of rotatable bonds is 4. The van der Waals surface area contributed by atoms with E-state index in [9.17, 15) is 9.59 Å². The van der Waals surface area contributed by atoms with Gasteiger partial charge in [-0.2, -0.15) is 0 Å². The summed E-state index contributed by atoms with van der Waals surface area (Å²) in [5.41, 5.74) is 0. The molecule has 108 valence electrons. The van der Waals surface area contributed by atoms with Crippen LogP contribution in [0.25, 0.3) is 0 Å². The lowest BCUT2D eigenvalue weighted by Crippen LogP contribution is -2.47. The molecule has 2 amide bonds. The summed E-state index contributed by atoms with van der Waals surface area (Å²) >= 11 is 0. The molecule has 0 saturated carbocycles. The van der Waals surface area contributed by atoms with E-state index in [4.69, 9.17) is 4.74 Å². The molecule has 2 aliphatic heterocycles. The number of hydrogen-bond donors (Lipinski definition) is 2. The second kappa shape index (κ2) is 6.34. The number of amides is 2. The molecule has 0 aromatic heterocycles. The van der Waals surface area contributed by atoms with Crippen molar-refractivity contribution in [3.63, 3.8) is 0 Å². The van der Waals surface area contributed by atoms with Crippen LogP contribution in [0, 0.1) is 0 Å². The van der Waals surface area contributed by atoms with Crippen molar-refractivity contribution in [2.24, 2.45) is 0 Å². The monoisotopic (exact) mass is 269 g/mol. The summed E-state index contributed by atoms with van der Waals surface area (Å²) in [6, 6.07) is -0.0892. The van der Waals surface area contributed by atoms with Crippen molar-refractivity contribution in [3.05, 3.63) is 0 Å². The molecule has 0 aromatic carbocycles. The summed E-state index contributed by atoms with van der Waals surface area (Å²) in [5, 5.41) is 6.07. The zero-order valence-electron chi connectivity index (χ0n) is 11.6. The van der Waals surface area contributed by atoms with Gasteiger partial charge in [-0.05, 0) is 20.3 Å². The lowest BCUT2D eigenvalue weighted by molar-refractivity contribution is -0.134. The fraction of sp³-hybridized carbons (Fsp3) is 0.846. The number of hydrogen-bond acceptors (Lipinski definition) is 4. The number of ether oxygens (including phenoxy) is 1. The summed E-state index contributed by atoms with van der Waals surface area (Å²) < 4.78 is 5.30. The van der Waals surface area contributed by atoms with Crippen molar-refractivity contribution in [3.8, 4) is 0 Å². The predicted octanol–water partition coefficient (Wildman–Crippen LogP) is -0.510. The molecule has 0 bridgehead atoms. The summed E-state index contributed by atoms with van der Waals surface area (Å²) in [4.78, 5) is 25.8. The van der Waals surface area contributed by atoms with E-state index >= 15 is 0 Å². The van der Waals surface area contributed by atoms with E-state index in [0.717, 1.165) is 13.1 Å². The van der Waals surface area contributed by atoms with E-state index in [1.165, 1.54) is 0 Å². The normalized spacial score (nSPS) is 27.9. The van der Waals surface area contributed by atoms with Gasteiger partial charge in [0.25, 0.3) is 0 Å². The Kier molecular flexibility index (Phi) is 4.76. The van der Waals surface area contributed by atoms with Gasteiger partial charge in [-0.15, -0.1) is 0 Å². The number of carbonyl (C=O) groups excluding carboxylic acids is 2. The highest BCUT2D eigenvalue weighted by molar-refractivity contribution is 5.89. The SMILES string of the molecule is CC(C)N1CCC(NC(=O)CC2COCCN2)C1=O. The molecular formula is C13H23N3O3. The van der Waals surface area contributed by atoms with E-state index in [1.54, 1.807) is 0 Å². The van der Waals surface area contributed by atoms with Gasteiger partial charge >= 0.3 is 0 Å². The van der Waals surface area contributed by atoms with Crippen LogP contribution >= 0.6 is 0 Å². The van der Waals surface area contributed by atoms with E-state index in [2.05, 4.69) is 10.6 Å². The van der Waals surface area contributed by atoms with Crippen LogP contribution in [-0.4, -0.2) is 61.1 Å². The number of likely N-dealkylation sites (tertiary alicyclic amines) is 1. The third-order valence-corrected chi connectivity index (χ3v) is 3.63. The first-order valence-corrected chi connectivity index (χ1v) is 6.99. The Morgan fingerprint density at radius 3 is 2.95 bits per heavy atom. The molecular weight excluding hydrogens is 246 g/mol. The fourth-order valence-corrected chi connectivity index (χ4v) is 2.58. The van der Waals surface area contributed by atoms with Crippen LogP contribution in [0.5, 0.6) is 0 Å². The average Bonchev–Trinajstić information content (AvgIpc) is 2.72. The van der Waals surface area contributed by atoms with Crippen LogP contribution in [-0.2, 0) is 14.3 Å². The summed E-state index contributed by atoms with van der Waals surface area (Å²) in [6.07, 6.45) is 1.07. The maximum absolute atomic E-state index is 12.0. The first-order valence-electron chi connectivity index (χ1n) is 6.99. The molecule has 19 heavy (non-hydrogen) atoms. The molecule has 2 atom stereocenters. The second-order valence-electron chi connectivity index (χ2n) is 5.46. The van der Waals surface area contributed by atoms with Gasteiger partial charge in [0.2, 0.25) is 11.8 Å². The smallest absolute Gasteiger partial charge is 0.245 e. The van der Waals surface area contributed by atoms with E-state index in [1.807, 2.05) is 18.7 Å². The number of nitrogens with one attached hydrogen (secondary N) is 2. The van der Waals surface area contributed by atoms with Crippen LogP contribution in [0.4, 0.5) is 0 Å². The van der Waals surface area contributed by atoms with Crippen molar-refractivity contribution in [2.75, 3.05) is 26.3 Å². The molecule has 2 N–H and O–H groups in total. The van der Waals surface area contributed by atoms with E-state index < -0.39 is 0 Å². The van der Waals surface area contributed by atoms with Crippen LogP contribution in [0.2, 0.25) is 0 Å². The second-order valence-corrected chi connectivity index (χ2v) is 5.46. The Hall–Kier alpha value is -1.14. The van der Waals surface area contributed by atoms with Gasteiger partial charge in [-0.1, -0.05) is 0 Å². The number of morpholine rings is 1. The topological polar surface area (TPSA) is 70.7 Å². The summed E-state index contributed by atoms with van der Waals surface area (Å²) in [5.74, 6) is -0.0387. The molecule has 6 nitrogen and oxygen atoms in total. The summed E-state index contributed by atoms with van der Waals surface area (Å²) in [6.45, 7) is 6.75. The van der Waals surface area contributed by atoms with Crippen LogP contribution in [0.3, 0.4) is 0 Å². The van der Waals surface area contributed by atoms with Gasteiger partial charge in [0.1, 0.15) is 6.04 Å². The van der Waals surface area contributed by atoms with Crippen molar-refractivity contribution >= 4 is 11.8 Å². The van der Waals surface area contributed by atoms with Crippen molar-refractivity contribution < 1.29 is 14.3 Å². The lowest BCUT2D eigenvalue weighted by atomic mass is 10.1. The zero-order valence-corrected chi connectivity index (χ0v) is 11.6. The fourth-order valence-electron chi connectivity index (χ4n) is 2.58. The predicted molar refractivity (Wildman–Crippen MR) is 70.6 cm³/mol. The van der Waals surface area contributed by atoms with Crippen LogP contribution in [0.15, 0.2) is 0 Å². The highest BCUT2D eigenvalue weighted by Gasteiger charge is 2.34.